The number of nitrogens with zero attached hydrogens (tertiary/aromatic N) is 5. The third-order valence-corrected chi connectivity index (χ3v) is 2.50. The summed E-state index contributed by atoms with van der Waals surface area (Å²) in [7, 11) is 0. The van der Waals surface area contributed by atoms with Crippen molar-refractivity contribution in [3.8, 4) is 0 Å². The summed E-state index contributed by atoms with van der Waals surface area (Å²) in [6.07, 6.45) is 0. The standard InChI is InChI=1S/C7H2N6O8/c14-10(15)3-1-2-4(7(9-8-2)13(20)21)6(12(18)19)5(3)11(16)17/h1H,(H,8,9). The number of nitro benzene ring substituents is 3. The number of nitro groups is 4. The Kier molecular flexibility index (Phi) is 2.90. The van der Waals surface area contributed by atoms with E-state index >= 15 is 0 Å². The molecule has 1 aromatic heterocycles. The first-order valence-corrected chi connectivity index (χ1v) is 4.88. The van der Waals surface area contributed by atoms with E-state index < -0.39 is 53.5 Å². The molecule has 14 heteroatoms. The van der Waals surface area contributed by atoms with Crippen LogP contribution in [-0.2, 0) is 0 Å². The zero-order valence-electron chi connectivity index (χ0n) is 9.58. The van der Waals surface area contributed by atoms with Crippen LogP contribution in [0.4, 0.5) is 22.9 Å². The van der Waals surface area contributed by atoms with E-state index in [1.54, 1.807) is 0 Å². The number of hydrogen-bond acceptors (Lipinski definition) is 9. The minimum Gasteiger partial charge on any atom is -0.358 e. The van der Waals surface area contributed by atoms with Gasteiger partial charge in [-0.3, -0.25) is 30.3 Å². The fraction of sp³-hybridized carbons (Fsp3) is 0. The minimum absolute atomic E-state index is 0.495. The summed E-state index contributed by atoms with van der Waals surface area (Å²) in [6, 6.07) is 0.559. The van der Waals surface area contributed by atoms with Crippen LogP contribution in [0.15, 0.2) is 6.07 Å². The van der Waals surface area contributed by atoms with Crippen LogP contribution in [0.5, 0.6) is 0 Å². The van der Waals surface area contributed by atoms with Gasteiger partial charge in [-0.1, -0.05) is 5.10 Å². The highest BCUT2D eigenvalue weighted by Gasteiger charge is 2.42. The van der Waals surface area contributed by atoms with Crippen molar-refractivity contribution in [2.24, 2.45) is 0 Å². The average molecular weight is 298 g/mol. The quantitative estimate of drug-likeness (QED) is 0.634. The Morgan fingerprint density at radius 2 is 1.43 bits per heavy atom. The summed E-state index contributed by atoms with van der Waals surface area (Å²) in [5.74, 6) is -0.963. The van der Waals surface area contributed by atoms with Gasteiger partial charge >= 0.3 is 22.9 Å². The Bertz CT molecular complexity index is 824. The molecular formula is C7H2N6O8. The van der Waals surface area contributed by atoms with Gasteiger partial charge in [-0.15, -0.1) is 5.10 Å². The zero-order chi connectivity index (χ0) is 15.9. The number of hydrogen-bond donors (Lipinski definition) is 1. The largest absolute Gasteiger partial charge is 0.423 e. The Hall–Kier alpha value is -3.71. The lowest BCUT2D eigenvalue weighted by atomic mass is 10.1. The number of rotatable bonds is 4. The first-order valence-electron chi connectivity index (χ1n) is 4.88. The summed E-state index contributed by atoms with van der Waals surface area (Å²) < 4.78 is 0. The summed E-state index contributed by atoms with van der Waals surface area (Å²) in [6.45, 7) is 0. The number of nitrogens with one attached hydrogen (secondary N) is 1. The highest BCUT2D eigenvalue weighted by Crippen LogP contribution is 2.44. The van der Waals surface area contributed by atoms with Crippen LogP contribution in [0.3, 0.4) is 0 Å². The van der Waals surface area contributed by atoms with E-state index in [9.17, 15) is 40.5 Å². The molecule has 0 unspecified atom stereocenters. The number of aromatic amines is 1. The van der Waals surface area contributed by atoms with Crippen molar-refractivity contribution < 1.29 is 19.7 Å². The molecular weight excluding hydrogens is 296 g/mol. The highest BCUT2D eigenvalue weighted by atomic mass is 16.7. The monoisotopic (exact) mass is 298 g/mol. The molecule has 1 heterocycles. The normalized spacial score (nSPS) is 10.5. The molecule has 108 valence electrons. The first kappa shape index (κ1) is 13.7. The second-order valence-corrected chi connectivity index (χ2v) is 3.59. The van der Waals surface area contributed by atoms with Crippen molar-refractivity contribution >= 4 is 33.8 Å². The lowest BCUT2D eigenvalue weighted by molar-refractivity contribution is -0.440. The predicted molar refractivity (Wildman–Crippen MR) is 62.7 cm³/mol. The fourth-order valence-electron chi connectivity index (χ4n) is 1.75. The molecule has 2 rings (SSSR count). The first-order chi connectivity index (χ1) is 9.75. The van der Waals surface area contributed by atoms with E-state index in [1.165, 1.54) is 0 Å². The predicted octanol–water partition coefficient (Wildman–Crippen LogP) is 1.20. The van der Waals surface area contributed by atoms with Crippen LogP contribution < -0.4 is 0 Å². The van der Waals surface area contributed by atoms with Gasteiger partial charge in [0.25, 0.3) is 0 Å². The van der Waals surface area contributed by atoms with E-state index in [2.05, 4.69) is 5.10 Å². The van der Waals surface area contributed by atoms with Crippen molar-refractivity contribution in [3.05, 3.63) is 46.5 Å². The third kappa shape index (κ3) is 1.95. The topological polar surface area (TPSA) is 201 Å². The molecule has 2 aromatic rings. The summed E-state index contributed by atoms with van der Waals surface area (Å²) in [5.41, 5.74) is -4.47. The second-order valence-electron chi connectivity index (χ2n) is 3.59. The molecule has 0 amide bonds. The molecule has 1 aromatic carbocycles. The Balaban J connectivity index is 3.10. The van der Waals surface area contributed by atoms with Crippen LogP contribution >= 0.6 is 0 Å². The lowest BCUT2D eigenvalue weighted by Crippen LogP contribution is -2.02. The van der Waals surface area contributed by atoms with Gasteiger partial charge in [0.15, 0.2) is 5.39 Å². The second kappa shape index (κ2) is 4.44. The van der Waals surface area contributed by atoms with Crippen LogP contribution in [-0.4, -0.2) is 29.9 Å². The van der Waals surface area contributed by atoms with Crippen molar-refractivity contribution in [1.29, 1.82) is 0 Å². The molecule has 0 bridgehead atoms. The van der Waals surface area contributed by atoms with E-state index in [0.717, 1.165) is 0 Å². The van der Waals surface area contributed by atoms with Crippen molar-refractivity contribution in [3.63, 3.8) is 0 Å². The number of H-pyrrole nitrogens is 1. The maximum absolute atomic E-state index is 11.0. The number of aromatic nitrogens is 2. The van der Waals surface area contributed by atoms with E-state index in [0.29, 0.717) is 6.07 Å². The van der Waals surface area contributed by atoms with Crippen molar-refractivity contribution in [2.45, 2.75) is 0 Å². The summed E-state index contributed by atoms with van der Waals surface area (Å²) in [5, 5.41) is 47.8. The van der Waals surface area contributed by atoms with Gasteiger partial charge in [-0.25, -0.2) is 0 Å². The van der Waals surface area contributed by atoms with Crippen LogP contribution in [0.2, 0.25) is 0 Å². The molecule has 0 radical (unpaired) electrons. The Morgan fingerprint density at radius 1 is 0.857 bits per heavy atom. The Morgan fingerprint density at radius 3 is 1.86 bits per heavy atom. The molecule has 0 aliphatic carbocycles. The van der Waals surface area contributed by atoms with Crippen LogP contribution in [0, 0.1) is 40.5 Å². The van der Waals surface area contributed by atoms with E-state index in [4.69, 9.17) is 0 Å². The van der Waals surface area contributed by atoms with Crippen LogP contribution in [0.1, 0.15) is 0 Å². The van der Waals surface area contributed by atoms with E-state index in [-0.39, 0.29) is 0 Å². The maximum atomic E-state index is 11.0. The molecule has 0 aliphatic rings. The van der Waals surface area contributed by atoms with Crippen molar-refractivity contribution in [2.75, 3.05) is 0 Å². The van der Waals surface area contributed by atoms with Crippen LogP contribution in [0.25, 0.3) is 10.9 Å². The molecule has 0 atom stereocenters. The minimum atomic E-state index is -1.44. The molecule has 1 N–H and O–H groups in total. The van der Waals surface area contributed by atoms with Gasteiger partial charge in [0.1, 0.15) is 5.52 Å². The Labute approximate surface area is 111 Å². The average Bonchev–Trinajstić information content (AvgIpc) is 2.79. The smallest absolute Gasteiger partial charge is 0.358 e. The molecule has 0 fully saturated rings. The van der Waals surface area contributed by atoms with Gasteiger partial charge in [0, 0.05) is 0 Å². The summed E-state index contributed by atoms with van der Waals surface area (Å²) >= 11 is 0. The van der Waals surface area contributed by atoms with E-state index in [1.807, 2.05) is 5.10 Å². The van der Waals surface area contributed by atoms with Gasteiger partial charge in [-0.05, 0) is 4.92 Å². The molecule has 0 saturated heterocycles. The fourth-order valence-corrected chi connectivity index (χ4v) is 1.75. The third-order valence-electron chi connectivity index (χ3n) is 2.50. The van der Waals surface area contributed by atoms with Crippen molar-refractivity contribution in [1.82, 2.24) is 10.2 Å². The molecule has 0 spiro atoms. The van der Waals surface area contributed by atoms with Gasteiger partial charge in [0.05, 0.1) is 20.8 Å². The summed E-state index contributed by atoms with van der Waals surface area (Å²) in [4.78, 5) is 38.5. The van der Waals surface area contributed by atoms with Gasteiger partial charge < -0.3 is 10.1 Å². The molecule has 0 saturated carbocycles. The zero-order valence-corrected chi connectivity index (χ0v) is 9.58. The number of benzene rings is 1. The molecule has 14 nitrogen and oxygen atoms in total. The highest BCUT2D eigenvalue weighted by molar-refractivity contribution is 6.01. The number of fused-ring (bicyclic) bond motifs is 1. The SMILES string of the molecule is O=[N+]([O-])c1cc2n[nH]c([N+](=O)[O-])c2c([N+](=O)[O-])c1[N+](=O)[O-]. The molecule has 0 aliphatic heterocycles. The lowest BCUT2D eigenvalue weighted by Gasteiger charge is -1.98. The maximum Gasteiger partial charge on any atom is 0.423 e. The van der Waals surface area contributed by atoms with Gasteiger partial charge in [-0.2, -0.15) is 0 Å². The van der Waals surface area contributed by atoms with Gasteiger partial charge in [0.2, 0.25) is 0 Å². The molecule has 21 heavy (non-hydrogen) atoms.